The van der Waals surface area contributed by atoms with Gasteiger partial charge >= 0.3 is 6.09 Å². The van der Waals surface area contributed by atoms with E-state index in [4.69, 9.17) is 10.5 Å². The first-order valence-corrected chi connectivity index (χ1v) is 15.2. The molecule has 0 heterocycles. The highest BCUT2D eigenvalue weighted by atomic mass is 127. The summed E-state index contributed by atoms with van der Waals surface area (Å²) in [6, 6.07) is 4.82. The lowest BCUT2D eigenvalue weighted by Crippen LogP contribution is -2.49. The zero-order valence-electron chi connectivity index (χ0n) is 23.9. The highest BCUT2D eigenvalue weighted by Gasteiger charge is 2.38. The van der Waals surface area contributed by atoms with Gasteiger partial charge in [0.1, 0.15) is 23.1 Å². The summed E-state index contributed by atoms with van der Waals surface area (Å²) in [5.74, 6) is -2.31. The highest BCUT2D eigenvalue weighted by Crippen LogP contribution is 2.42. The third-order valence-electron chi connectivity index (χ3n) is 6.38. The second-order valence-corrected chi connectivity index (χ2v) is 11.8. The van der Waals surface area contributed by atoms with Crippen LogP contribution in [-0.4, -0.2) is 76.0 Å². The molecular formula is C29H38IN5O7. The maximum atomic E-state index is 13.6. The average Bonchev–Trinajstić information content (AvgIpc) is 2.92. The fourth-order valence-electron chi connectivity index (χ4n) is 4.56. The van der Waals surface area contributed by atoms with Gasteiger partial charge in [0.25, 0.3) is 0 Å². The number of benzene rings is 2. The van der Waals surface area contributed by atoms with Crippen molar-refractivity contribution in [3.63, 3.8) is 0 Å². The quantitative estimate of drug-likeness (QED) is 0.0605. The Bertz CT molecular complexity index is 1340. The SMILES string of the molecule is CC(C)(C)OC(=O)NC(CCCCN)C(=O)NCCNc1ccc(O)c2c1C(=O)c1c(O)ccc(NCCI)c1C2=O. The van der Waals surface area contributed by atoms with Gasteiger partial charge < -0.3 is 42.0 Å². The molecule has 1 aliphatic carbocycles. The van der Waals surface area contributed by atoms with Crippen LogP contribution in [0.15, 0.2) is 24.3 Å². The van der Waals surface area contributed by atoms with Gasteiger partial charge in [-0.1, -0.05) is 22.6 Å². The highest BCUT2D eigenvalue weighted by molar-refractivity contribution is 14.1. The van der Waals surface area contributed by atoms with Crippen molar-refractivity contribution in [2.75, 3.05) is 41.2 Å². The first kappa shape index (κ1) is 32.9. The number of ketones is 2. The van der Waals surface area contributed by atoms with E-state index >= 15 is 0 Å². The zero-order valence-corrected chi connectivity index (χ0v) is 26.1. The third kappa shape index (κ3) is 8.03. The Morgan fingerprint density at radius 1 is 0.881 bits per heavy atom. The molecule has 228 valence electrons. The van der Waals surface area contributed by atoms with Crippen molar-refractivity contribution in [2.24, 2.45) is 5.73 Å². The number of hydrogen-bond acceptors (Lipinski definition) is 10. The third-order valence-corrected chi connectivity index (χ3v) is 6.92. The van der Waals surface area contributed by atoms with E-state index in [1.165, 1.54) is 24.3 Å². The van der Waals surface area contributed by atoms with Crippen LogP contribution >= 0.6 is 22.6 Å². The van der Waals surface area contributed by atoms with Crippen LogP contribution < -0.4 is 27.0 Å². The van der Waals surface area contributed by atoms with Crippen molar-refractivity contribution in [1.29, 1.82) is 0 Å². The van der Waals surface area contributed by atoms with Crippen LogP contribution in [0.4, 0.5) is 16.2 Å². The van der Waals surface area contributed by atoms with Crippen molar-refractivity contribution in [3.8, 4) is 11.5 Å². The number of fused-ring (bicyclic) bond motifs is 2. The first-order chi connectivity index (χ1) is 19.9. The van der Waals surface area contributed by atoms with Crippen LogP contribution in [0.3, 0.4) is 0 Å². The summed E-state index contributed by atoms with van der Waals surface area (Å²) in [4.78, 5) is 52.3. The van der Waals surface area contributed by atoms with Gasteiger partial charge in [0.2, 0.25) is 17.5 Å². The number of aromatic hydroxyl groups is 2. The molecule has 0 radical (unpaired) electrons. The lowest BCUT2D eigenvalue weighted by molar-refractivity contribution is -0.123. The Labute approximate surface area is 258 Å². The van der Waals surface area contributed by atoms with Crippen LogP contribution in [0.1, 0.15) is 71.9 Å². The smallest absolute Gasteiger partial charge is 0.408 e. The van der Waals surface area contributed by atoms with Crippen molar-refractivity contribution < 1.29 is 34.1 Å². The lowest BCUT2D eigenvalue weighted by Gasteiger charge is -2.25. The summed E-state index contributed by atoms with van der Waals surface area (Å²) >= 11 is 2.17. The minimum atomic E-state index is -0.832. The number of carbonyl (C=O) groups excluding carboxylic acids is 4. The van der Waals surface area contributed by atoms with Crippen LogP contribution in [0, 0.1) is 0 Å². The maximum absolute atomic E-state index is 13.6. The molecule has 0 aliphatic heterocycles. The van der Waals surface area contributed by atoms with E-state index < -0.39 is 35.2 Å². The standard InChI is InChI=1S/C29H38IN5O7/c1-29(2,3)42-28(41)35-18(6-4-5-12-31)27(40)34-15-14-33-17-8-10-20(37)24-22(17)26(39)23-19(36)9-7-16(32-13-11-30)21(23)25(24)38/h7-10,18,32-33,36-37H,4-6,11-15,31H2,1-3H3,(H,34,40)(H,35,41). The average molecular weight is 696 g/mol. The van der Waals surface area contributed by atoms with E-state index in [2.05, 4.69) is 43.9 Å². The summed E-state index contributed by atoms with van der Waals surface area (Å²) in [6.07, 6.45) is 0.981. The summed E-state index contributed by atoms with van der Waals surface area (Å²) < 4.78 is 6.02. The monoisotopic (exact) mass is 695 g/mol. The first-order valence-electron chi connectivity index (χ1n) is 13.7. The molecule has 0 fully saturated rings. The predicted octanol–water partition coefficient (Wildman–Crippen LogP) is 3.27. The molecule has 0 saturated carbocycles. The fraction of sp³-hybridized carbons (Fsp3) is 0.448. The number of phenolic OH excluding ortho intramolecular Hbond substituents is 2. The molecule has 0 spiro atoms. The molecule has 0 bridgehead atoms. The van der Waals surface area contributed by atoms with Crippen LogP contribution in [0.5, 0.6) is 11.5 Å². The molecule has 3 rings (SSSR count). The molecule has 0 aromatic heterocycles. The molecule has 2 aromatic carbocycles. The number of nitrogens with two attached hydrogens (primary N) is 1. The van der Waals surface area contributed by atoms with Gasteiger partial charge in [0, 0.05) is 35.4 Å². The number of phenols is 2. The summed E-state index contributed by atoms with van der Waals surface area (Å²) in [7, 11) is 0. The number of halogens is 1. The van der Waals surface area contributed by atoms with Crippen molar-refractivity contribution in [1.82, 2.24) is 10.6 Å². The Kier molecular flexibility index (Phi) is 11.4. The largest absolute Gasteiger partial charge is 0.507 e. The van der Waals surface area contributed by atoms with Crippen molar-refractivity contribution >= 4 is 57.5 Å². The molecule has 12 nitrogen and oxygen atoms in total. The Balaban J connectivity index is 1.74. The Morgan fingerprint density at radius 2 is 1.43 bits per heavy atom. The van der Waals surface area contributed by atoms with E-state index in [1.807, 2.05) is 0 Å². The normalized spacial score (nSPS) is 13.1. The number of hydrogen-bond donors (Lipinski definition) is 7. The maximum Gasteiger partial charge on any atom is 0.408 e. The Morgan fingerprint density at radius 3 is 1.93 bits per heavy atom. The van der Waals surface area contributed by atoms with Gasteiger partial charge in [-0.15, -0.1) is 0 Å². The van der Waals surface area contributed by atoms with Gasteiger partial charge in [-0.05, 0) is 70.8 Å². The predicted molar refractivity (Wildman–Crippen MR) is 168 cm³/mol. The lowest BCUT2D eigenvalue weighted by atomic mass is 9.81. The second kappa shape index (κ2) is 14.5. The van der Waals surface area contributed by atoms with Crippen LogP contribution in [-0.2, 0) is 9.53 Å². The van der Waals surface area contributed by atoms with Gasteiger partial charge in [0.15, 0.2) is 0 Å². The van der Waals surface area contributed by atoms with Crippen LogP contribution in [0.25, 0.3) is 0 Å². The van der Waals surface area contributed by atoms with E-state index in [9.17, 15) is 29.4 Å². The molecule has 1 aliphatic rings. The zero-order chi connectivity index (χ0) is 31.0. The van der Waals surface area contributed by atoms with E-state index in [0.29, 0.717) is 38.0 Å². The summed E-state index contributed by atoms with van der Waals surface area (Å²) in [6.45, 7) is 6.45. The molecular weight excluding hydrogens is 657 g/mol. The molecule has 1 atom stereocenters. The van der Waals surface area contributed by atoms with Crippen molar-refractivity contribution in [3.05, 3.63) is 46.5 Å². The topological polar surface area (TPSA) is 192 Å². The second-order valence-electron chi connectivity index (χ2n) is 10.7. The van der Waals surface area contributed by atoms with Gasteiger partial charge in [-0.2, -0.15) is 0 Å². The summed E-state index contributed by atoms with van der Waals surface area (Å²) in [5.41, 5.74) is 5.15. The van der Waals surface area contributed by atoms with Gasteiger partial charge in [-0.25, -0.2) is 4.79 Å². The number of ether oxygens (including phenoxy) is 1. The number of alkyl halides is 1. The van der Waals surface area contributed by atoms with Crippen molar-refractivity contribution in [2.45, 2.75) is 51.7 Å². The van der Waals surface area contributed by atoms with E-state index in [-0.39, 0.29) is 52.5 Å². The number of anilines is 2. The number of nitrogens with one attached hydrogen (secondary N) is 4. The minimum Gasteiger partial charge on any atom is -0.507 e. The number of carbonyl (C=O) groups is 4. The van der Waals surface area contributed by atoms with Crippen LogP contribution in [0.2, 0.25) is 0 Å². The summed E-state index contributed by atoms with van der Waals surface area (Å²) in [5, 5.41) is 32.6. The minimum absolute atomic E-state index is 0.00947. The van der Waals surface area contributed by atoms with E-state index in [0.717, 1.165) is 4.43 Å². The molecule has 42 heavy (non-hydrogen) atoms. The number of amides is 2. The molecule has 1 unspecified atom stereocenters. The molecule has 2 aromatic rings. The van der Waals surface area contributed by atoms with Gasteiger partial charge in [0.05, 0.1) is 22.3 Å². The number of alkyl carbamates (subject to hydrolysis) is 1. The molecule has 2 amide bonds. The number of unbranched alkanes of at least 4 members (excludes halogenated alkanes) is 1. The fourth-order valence-corrected chi connectivity index (χ4v) is 4.83. The van der Waals surface area contributed by atoms with E-state index in [1.54, 1.807) is 20.8 Å². The molecule has 0 saturated heterocycles. The Hall–Kier alpha value is -3.59. The molecule has 13 heteroatoms. The van der Waals surface area contributed by atoms with Gasteiger partial charge in [-0.3, -0.25) is 14.4 Å². The molecule has 8 N–H and O–H groups in total. The number of rotatable bonds is 13.